The minimum Gasteiger partial charge on any atom is -0.399 e. The number of carbonyl (C=O) groups excluding carboxylic acids is 2. The van der Waals surface area contributed by atoms with Crippen molar-refractivity contribution in [1.29, 1.82) is 0 Å². The fourth-order valence-electron chi connectivity index (χ4n) is 2.12. The van der Waals surface area contributed by atoms with Crippen molar-refractivity contribution in [3.63, 3.8) is 0 Å². The van der Waals surface area contributed by atoms with Crippen molar-refractivity contribution in [3.8, 4) is 0 Å². The van der Waals surface area contributed by atoms with Gasteiger partial charge < -0.3 is 14.6 Å². The summed E-state index contributed by atoms with van der Waals surface area (Å²) in [6, 6.07) is 1.55. The Morgan fingerprint density at radius 1 is 1.29 bits per heavy atom. The van der Waals surface area contributed by atoms with Crippen LogP contribution in [-0.4, -0.2) is 42.5 Å². The number of pyridine rings is 1. The predicted molar refractivity (Wildman–Crippen MR) is 78.7 cm³/mol. The van der Waals surface area contributed by atoms with Crippen molar-refractivity contribution in [2.75, 3.05) is 7.05 Å². The third-order valence-corrected chi connectivity index (χ3v) is 4.09. The largest absolute Gasteiger partial charge is 0.498 e. The van der Waals surface area contributed by atoms with E-state index in [0.29, 0.717) is 17.3 Å². The topological polar surface area (TPSA) is 77.5 Å². The summed E-state index contributed by atoms with van der Waals surface area (Å²) in [5.41, 5.74) is -0.283. The molecule has 1 saturated heterocycles. The zero-order chi connectivity index (χ0) is 15.8. The molecule has 7 heteroatoms. The maximum absolute atomic E-state index is 12.0. The van der Waals surface area contributed by atoms with E-state index in [1.807, 2.05) is 27.7 Å². The van der Waals surface area contributed by atoms with Gasteiger partial charge in [0.25, 0.3) is 5.91 Å². The molecular weight excluding hydrogens is 271 g/mol. The SMILES string of the molecule is CNC(=O)c1ccnc(C=O)c1B1OC(C)(C)C(C)(C)O1. The van der Waals surface area contributed by atoms with E-state index in [9.17, 15) is 9.59 Å². The van der Waals surface area contributed by atoms with Gasteiger partial charge in [-0.1, -0.05) is 0 Å². The molecule has 1 amide bonds. The summed E-state index contributed by atoms with van der Waals surface area (Å²) in [7, 11) is 0.716. The van der Waals surface area contributed by atoms with E-state index < -0.39 is 18.3 Å². The number of hydrogen-bond donors (Lipinski definition) is 1. The van der Waals surface area contributed by atoms with Gasteiger partial charge in [-0.3, -0.25) is 14.6 Å². The van der Waals surface area contributed by atoms with Gasteiger partial charge in [-0.2, -0.15) is 0 Å². The highest BCUT2D eigenvalue weighted by Crippen LogP contribution is 2.36. The van der Waals surface area contributed by atoms with Crippen molar-refractivity contribution >= 4 is 24.8 Å². The summed E-state index contributed by atoms with van der Waals surface area (Å²) >= 11 is 0. The molecule has 0 unspecified atom stereocenters. The number of nitrogens with one attached hydrogen (secondary N) is 1. The third-order valence-electron chi connectivity index (χ3n) is 4.09. The fourth-order valence-corrected chi connectivity index (χ4v) is 2.12. The van der Waals surface area contributed by atoms with E-state index in [-0.39, 0.29) is 11.6 Å². The average molecular weight is 290 g/mol. The molecule has 1 N–H and O–H groups in total. The molecule has 1 fully saturated rings. The Kier molecular flexibility index (Phi) is 3.90. The van der Waals surface area contributed by atoms with Crippen LogP contribution < -0.4 is 10.8 Å². The van der Waals surface area contributed by atoms with Crippen LogP contribution in [0.1, 0.15) is 48.5 Å². The van der Waals surface area contributed by atoms with Crippen LogP contribution >= 0.6 is 0 Å². The first-order chi connectivity index (χ1) is 9.73. The third kappa shape index (κ3) is 2.58. The molecule has 112 valence electrons. The lowest BCUT2D eigenvalue weighted by atomic mass is 9.74. The lowest BCUT2D eigenvalue weighted by molar-refractivity contribution is 0.00578. The molecule has 0 aromatic carbocycles. The minimum atomic E-state index is -0.809. The molecule has 1 aromatic heterocycles. The molecule has 21 heavy (non-hydrogen) atoms. The molecule has 1 aliphatic heterocycles. The van der Waals surface area contributed by atoms with E-state index in [2.05, 4.69) is 10.3 Å². The van der Waals surface area contributed by atoms with Crippen LogP contribution in [0.2, 0.25) is 0 Å². The number of amides is 1. The predicted octanol–water partition coefficient (Wildman–Crippen LogP) is 0.553. The summed E-state index contributed by atoms with van der Waals surface area (Å²) in [4.78, 5) is 27.3. The lowest BCUT2D eigenvalue weighted by Crippen LogP contribution is -2.42. The summed E-state index contributed by atoms with van der Waals surface area (Å²) in [5.74, 6) is -0.315. The number of aldehydes is 1. The second-order valence-corrected chi connectivity index (χ2v) is 5.94. The molecule has 0 atom stereocenters. The van der Waals surface area contributed by atoms with Crippen LogP contribution in [0.3, 0.4) is 0 Å². The van der Waals surface area contributed by atoms with Crippen molar-refractivity contribution < 1.29 is 18.9 Å². The normalized spacial score (nSPS) is 19.4. The molecule has 0 aliphatic carbocycles. The zero-order valence-electron chi connectivity index (χ0n) is 12.9. The Hall–Kier alpha value is -1.73. The molecule has 1 aromatic rings. The van der Waals surface area contributed by atoms with Crippen molar-refractivity contribution in [2.45, 2.75) is 38.9 Å². The van der Waals surface area contributed by atoms with Gasteiger partial charge in [0.15, 0.2) is 6.29 Å². The monoisotopic (exact) mass is 290 g/mol. The number of rotatable bonds is 3. The van der Waals surface area contributed by atoms with Crippen molar-refractivity contribution in [1.82, 2.24) is 10.3 Å². The van der Waals surface area contributed by atoms with Crippen LogP contribution in [0.15, 0.2) is 12.3 Å². The highest BCUT2D eigenvalue weighted by atomic mass is 16.7. The van der Waals surface area contributed by atoms with E-state index in [0.717, 1.165) is 0 Å². The highest BCUT2D eigenvalue weighted by molar-refractivity contribution is 6.65. The quantitative estimate of drug-likeness (QED) is 0.650. The van der Waals surface area contributed by atoms with Gasteiger partial charge in [0.2, 0.25) is 0 Å². The van der Waals surface area contributed by atoms with E-state index >= 15 is 0 Å². The number of aromatic nitrogens is 1. The molecule has 0 spiro atoms. The Morgan fingerprint density at radius 3 is 2.33 bits per heavy atom. The van der Waals surface area contributed by atoms with Crippen LogP contribution in [0.4, 0.5) is 0 Å². The van der Waals surface area contributed by atoms with E-state index in [1.165, 1.54) is 13.2 Å². The molecule has 0 saturated carbocycles. The second-order valence-electron chi connectivity index (χ2n) is 5.94. The first kappa shape index (κ1) is 15.7. The molecule has 2 rings (SSSR count). The van der Waals surface area contributed by atoms with Gasteiger partial charge in [-0.05, 0) is 33.8 Å². The van der Waals surface area contributed by atoms with Gasteiger partial charge in [0.05, 0.1) is 11.2 Å². The van der Waals surface area contributed by atoms with Gasteiger partial charge >= 0.3 is 7.12 Å². The summed E-state index contributed by atoms with van der Waals surface area (Å²) in [6.45, 7) is 7.63. The molecule has 0 radical (unpaired) electrons. The first-order valence-corrected chi connectivity index (χ1v) is 6.75. The molecule has 0 bridgehead atoms. The van der Waals surface area contributed by atoms with Gasteiger partial charge in [-0.25, -0.2) is 0 Å². The average Bonchev–Trinajstić information content (AvgIpc) is 2.65. The number of carbonyl (C=O) groups is 2. The lowest BCUT2D eigenvalue weighted by Gasteiger charge is -2.32. The Bertz CT molecular complexity index is 570. The maximum Gasteiger partial charge on any atom is 0.498 e. The number of hydrogen-bond acceptors (Lipinski definition) is 5. The van der Waals surface area contributed by atoms with E-state index in [1.54, 1.807) is 6.07 Å². The van der Waals surface area contributed by atoms with Crippen molar-refractivity contribution in [3.05, 3.63) is 23.5 Å². The van der Waals surface area contributed by atoms with E-state index in [4.69, 9.17) is 9.31 Å². The van der Waals surface area contributed by atoms with Crippen molar-refractivity contribution in [2.24, 2.45) is 0 Å². The Balaban J connectivity index is 2.54. The minimum absolute atomic E-state index is 0.148. The molecule has 2 heterocycles. The molecular formula is C14H19BN2O4. The molecule has 1 aliphatic rings. The Labute approximate surface area is 124 Å². The zero-order valence-corrected chi connectivity index (χ0v) is 12.9. The highest BCUT2D eigenvalue weighted by Gasteiger charge is 2.53. The van der Waals surface area contributed by atoms with Gasteiger partial charge in [-0.15, -0.1) is 0 Å². The maximum atomic E-state index is 12.0. The Morgan fingerprint density at radius 2 is 1.86 bits per heavy atom. The summed E-state index contributed by atoms with van der Waals surface area (Å²) < 4.78 is 11.9. The standard InChI is InChI=1S/C14H19BN2O4/c1-13(2)14(3,4)21-15(20-13)11-9(12(19)16-5)6-7-17-10(11)8-18/h6-8H,1-5H3,(H,16,19). The van der Waals surface area contributed by atoms with Crippen LogP contribution in [0.5, 0.6) is 0 Å². The smallest absolute Gasteiger partial charge is 0.399 e. The summed E-state index contributed by atoms with van der Waals surface area (Å²) in [5, 5.41) is 2.54. The summed E-state index contributed by atoms with van der Waals surface area (Å²) in [6.07, 6.45) is 2.02. The van der Waals surface area contributed by atoms with Crippen LogP contribution in [-0.2, 0) is 9.31 Å². The fraction of sp³-hybridized carbons (Fsp3) is 0.500. The van der Waals surface area contributed by atoms with Crippen LogP contribution in [0, 0.1) is 0 Å². The second kappa shape index (κ2) is 5.24. The van der Waals surface area contributed by atoms with Gasteiger partial charge in [0, 0.05) is 24.3 Å². The van der Waals surface area contributed by atoms with Crippen LogP contribution in [0.25, 0.3) is 0 Å². The number of nitrogens with zero attached hydrogens (tertiary/aromatic N) is 1. The van der Waals surface area contributed by atoms with Gasteiger partial charge in [0.1, 0.15) is 5.69 Å². The first-order valence-electron chi connectivity index (χ1n) is 6.75. The molecule has 6 nitrogen and oxygen atoms in total.